The summed E-state index contributed by atoms with van der Waals surface area (Å²) in [6, 6.07) is 4.87. The molecule has 0 saturated carbocycles. The highest BCUT2D eigenvalue weighted by Gasteiger charge is 2.28. The number of methoxy groups -OCH3 is 1. The van der Waals surface area contributed by atoms with Crippen molar-refractivity contribution in [2.45, 2.75) is 18.3 Å². The Morgan fingerprint density at radius 1 is 1.37 bits per heavy atom. The van der Waals surface area contributed by atoms with E-state index in [0.717, 1.165) is 6.29 Å². The van der Waals surface area contributed by atoms with Crippen LogP contribution in [0.2, 0.25) is 0 Å². The normalized spacial score (nSPS) is 17.0. The zero-order valence-electron chi connectivity index (χ0n) is 14.7. The molecular weight excluding hydrogens is 368 g/mol. The first-order valence-electron chi connectivity index (χ1n) is 8.41. The molecule has 142 valence electrons. The first-order valence-corrected chi connectivity index (χ1v) is 9.36. The summed E-state index contributed by atoms with van der Waals surface area (Å²) in [6.07, 6.45) is 5.40. The molecule has 3 rings (SSSR count). The Bertz CT molecular complexity index is 809. The fourth-order valence-corrected chi connectivity index (χ4v) is 3.46. The molecule has 0 bridgehead atoms. The van der Waals surface area contributed by atoms with Crippen molar-refractivity contribution in [1.29, 1.82) is 0 Å². The summed E-state index contributed by atoms with van der Waals surface area (Å²) in [5, 5.41) is 10.6. The predicted molar refractivity (Wildman–Crippen MR) is 103 cm³/mol. The zero-order valence-corrected chi connectivity index (χ0v) is 15.5. The Morgan fingerprint density at radius 3 is 2.96 bits per heavy atom. The van der Waals surface area contributed by atoms with Crippen molar-refractivity contribution in [1.82, 2.24) is 15.5 Å². The number of benzene rings is 1. The molecule has 2 heterocycles. The topological polar surface area (TPSA) is 99.8 Å². The van der Waals surface area contributed by atoms with Gasteiger partial charge in [0, 0.05) is 31.1 Å². The Kier molecular flexibility index (Phi) is 6.02. The number of hydrogen-bond acceptors (Lipinski definition) is 7. The molecule has 2 aliphatic heterocycles. The molecule has 0 aliphatic carbocycles. The third kappa shape index (κ3) is 4.43. The number of fused-ring (bicyclic) bond motifs is 1. The Morgan fingerprint density at radius 2 is 2.22 bits per heavy atom. The maximum atomic E-state index is 12.5. The summed E-state index contributed by atoms with van der Waals surface area (Å²) in [7, 11) is 1.47. The Hall–Kier alpha value is -2.94. The van der Waals surface area contributed by atoms with Crippen molar-refractivity contribution >= 4 is 35.5 Å². The summed E-state index contributed by atoms with van der Waals surface area (Å²) in [4.78, 5) is 37.1. The van der Waals surface area contributed by atoms with Gasteiger partial charge in [-0.25, -0.2) is 0 Å². The third-order valence-corrected chi connectivity index (χ3v) is 4.90. The molecule has 27 heavy (non-hydrogen) atoms. The van der Waals surface area contributed by atoms with E-state index in [-0.39, 0.29) is 17.3 Å². The van der Waals surface area contributed by atoms with Gasteiger partial charge in [-0.05, 0) is 30.0 Å². The van der Waals surface area contributed by atoms with Gasteiger partial charge in [0.25, 0.3) is 11.8 Å². The molecule has 1 atom stereocenters. The van der Waals surface area contributed by atoms with Crippen molar-refractivity contribution < 1.29 is 19.1 Å². The second-order valence-corrected chi connectivity index (χ2v) is 6.83. The Balaban J connectivity index is 1.67. The highest BCUT2D eigenvalue weighted by atomic mass is 32.2. The molecule has 1 unspecified atom stereocenters. The van der Waals surface area contributed by atoms with Crippen LogP contribution in [-0.4, -0.2) is 42.2 Å². The minimum atomic E-state index is -0.325. The summed E-state index contributed by atoms with van der Waals surface area (Å²) in [5.41, 5.74) is 1.26. The lowest BCUT2D eigenvalue weighted by atomic mass is 10.1. The Labute approximate surface area is 161 Å². The molecule has 0 radical (unpaired) electrons. The monoisotopic (exact) mass is 388 g/mol. The van der Waals surface area contributed by atoms with Crippen LogP contribution >= 0.6 is 11.8 Å². The minimum absolute atomic E-state index is 0.00863. The fourth-order valence-electron chi connectivity index (χ4n) is 2.64. The molecule has 2 amide bonds. The number of nitrogens with zero attached hydrogens (tertiary/aromatic N) is 1. The molecular formula is C18H20N4O4S. The number of amides is 2. The van der Waals surface area contributed by atoms with Crippen LogP contribution in [0, 0.1) is 0 Å². The second-order valence-electron chi connectivity index (χ2n) is 5.84. The van der Waals surface area contributed by atoms with Crippen LogP contribution in [0.25, 0.3) is 0 Å². The van der Waals surface area contributed by atoms with Crippen molar-refractivity contribution in [2.75, 3.05) is 19.0 Å². The van der Waals surface area contributed by atoms with E-state index in [1.165, 1.54) is 7.11 Å². The van der Waals surface area contributed by atoms with Crippen LogP contribution in [0.1, 0.15) is 23.2 Å². The summed E-state index contributed by atoms with van der Waals surface area (Å²) < 4.78 is 5.23. The van der Waals surface area contributed by atoms with Gasteiger partial charge < -0.3 is 30.4 Å². The second kappa shape index (κ2) is 8.63. The number of anilines is 1. The van der Waals surface area contributed by atoms with Gasteiger partial charge in [-0.1, -0.05) is 11.8 Å². The van der Waals surface area contributed by atoms with Gasteiger partial charge in [-0.2, -0.15) is 0 Å². The average Bonchev–Trinajstić information content (AvgIpc) is 3.27. The molecule has 1 aromatic carbocycles. The summed E-state index contributed by atoms with van der Waals surface area (Å²) in [5.74, 6) is -0.212. The predicted octanol–water partition coefficient (Wildman–Crippen LogP) is 1.59. The summed E-state index contributed by atoms with van der Waals surface area (Å²) >= 11 is 1.57. The minimum Gasteiger partial charge on any atom is -0.496 e. The van der Waals surface area contributed by atoms with Gasteiger partial charge in [-0.3, -0.25) is 9.59 Å². The summed E-state index contributed by atoms with van der Waals surface area (Å²) in [6.45, 7) is 0.385. The van der Waals surface area contributed by atoms with Crippen LogP contribution in [-0.2, 0) is 9.59 Å². The molecule has 2 aliphatic rings. The van der Waals surface area contributed by atoms with E-state index in [0.29, 0.717) is 42.1 Å². The maximum Gasteiger partial charge on any atom is 0.273 e. The van der Waals surface area contributed by atoms with Gasteiger partial charge in [-0.15, -0.1) is 0 Å². The van der Waals surface area contributed by atoms with E-state index in [4.69, 9.17) is 4.74 Å². The molecule has 0 spiro atoms. The first kappa shape index (κ1) is 18.8. The van der Waals surface area contributed by atoms with Crippen molar-refractivity contribution in [3.63, 3.8) is 0 Å². The van der Waals surface area contributed by atoms with E-state index < -0.39 is 0 Å². The number of rotatable bonds is 8. The fraction of sp³-hybridized carbons (Fsp3) is 0.278. The SMILES string of the molecule is COc1ccc(NC(=O)C2=CN3C=CSC3N2)cc1C(=O)NCCCC=O. The van der Waals surface area contributed by atoms with Crippen LogP contribution < -0.4 is 20.7 Å². The molecule has 3 N–H and O–H groups in total. The largest absolute Gasteiger partial charge is 0.496 e. The standard InChI is InChI=1S/C18H20N4O4S/c1-26-15-5-4-12(10-13(15)16(24)19-6-2-3-8-23)20-17(25)14-11-22-7-9-27-18(22)21-14/h4-5,7-11,18,21H,2-3,6H2,1H3,(H,19,24)(H,20,25). The van der Waals surface area contributed by atoms with Crippen molar-refractivity contribution in [2.24, 2.45) is 0 Å². The molecule has 9 heteroatoms. The number of nitrogens with one attached hydrogen (secondary N) is 3. The van der Waals surface area contributed by atoms with Crippen LogP contribution in [0.3, 0.4) is 0 Å². The number of ether oxygens (including phenoxy) is 1. The number of unbranched alkanes of at least 4 members (excludes halogenated alkanes) is 1. The highest BCUT2D eigenvalue weighted by molar-refractivity contribution is 8.02. The van der Waals surface area contributed by atoms with Gasteiger partial charge in [0.2, 0.25) is 0 Å². The maximum absolute atomic E-state index is 12.5. The van der Waals surface area contributed by atoms with Gasteiger partial charge >= 0.3 is 0 Å². The zero-order chi connectivity index (χ0) is 19.2. The van der Waals surface area contributed by atoms with Gasteiger partial charge in [0.1, 0.15) is 17.7 Å². The lowest BCUT2D eigenvalue weighted by Crippen LogP contribution is -2.30. The quantitative estimate of drug-likeness (QED) is 0.459. The first-order chi connectivity index (χ1) is 13.1. The number of thioether (sulfide) groups is 1. The van der Waals surface area contributed by atoms with E-state index >= 15 is 0 Å². The number of hydrogen-bond donors (Lipinski definition) is 3. The van der Waals surface area contributed by atoms with Crippen LogP contribution in [0.5, 0.6) is 5.75 Å². The number of carbonyl (C=O) groups is 3. The third-order valence-electron chi connectivity index (χ3n) is 4.00. The molecule has 1 aromatic rings. The number of aldehydes is 1. The van der Waals surface area contributed by atoms with Gasteiger partial charge in [0.15, 0.2) is 5.50 Å². The van der Waals surface area contributed by atoms with Crippen molar-refractivity contribution in [3.05, 3.63) is 47.3 Å². The van der Waals surface area contributed by atoms with E-state index in [1.807, 2.05) is 16.5 Å². The molecule has 8 nitrogen and oxygen atoms in total. The molecule has 0 fully saturated rings. The van der Waals surface area contributed by atoms with Crippen LogP contribution in [0.15, 0.2) is 41.7 Å². The van der Waals surface area contributed by atoms with E-state index in [9.17, 15) is 14.4 Å². The van der Waals surface area contributed by atoms with Gasteiger partial charge in [0.05, 0.1) is 12.7 Å². The van der Waals surface area contributed by atoms with E-state index in [1.54, 1.807) is 36.2 Å². The molecule has 0 aromatic heterocycles. The lowest BCUT2D eigenvalue weighted by Gasteiger charge is -2.14. The molecule has 0 saturated heterocycles. The van der Waals surface area contributed by atoms with Crippen LogP contribution in [0.4, 0.5) is 5.69 Å². The average molecular weight is 388 g/mol. The number of carbonyl (C=O) groups excluding carboxylic acids is 3. The smallest absolute Gasteiger partial charge is 0.273 e. The van der Waals surface area contributed by atoms with Crippen molar-refractivity contribution in [3.8, 4) is 5.75 Å². The lowest BCUT2D eigenvalue weighted by molar-refractivity contribution is -0.113. The van der Waals surface area contributed by atoms with E-state index in [2.05, 4.69) is 16.0 Å². The highest BCUT2D eigenvalue weighted by Crippen LogP contribution is 2.29.